The molecule has 0 bridgehead atoms. The second-order valence-corrected chi connectivity index (χ2v) is 12.8. The fraction of sp³-hybridized carbons (Fsp3) is 0.161. The summed E-state index contributed by atoms with van der Waals surface area (Å²) in [5.41, 5.74) is 10.5. The van der Waals surface area contributed by atoms with Crippen molar-refractivity contribution < 1.29 is 40.4 Å². The Balaban J connectivity index is 1.31. The first-order chi connectivity index (χ1) is 22.4. The van der Waals surface area contributed by atoms with E-state index in [1.165, 1.54) is 23.5 Å². The number of rotatable bonds is 11. The van der Waals surface area contributed by atoms with Gasteiger partial charge in [-0.1, -0.05) is 70.4 Å². The number of alkyl halides is 3. The molecule has 0 spiro atoms. The molecule has 0 radical (unpaired) electrons. The number of sulfonamides is 1. The molecular weight excluding hydrogens is 659 g/mol. The number of thiazole rings is 1. The number of nitrogens with one attached hydrogen (secondary N) is 1. The molecular formula is C31H26F3N5O6S2. The molecule has 5 aromatic rings. The van der Waals surface area contributed by atoms with Gasteiger partial charge in [0.25, 0.3) is 15.9 Å². The summed E-state index contributed by atoms with van der Waals surface area (Å²) in [6.07, 6.45) is -3.73. The lowest BCUT2D eigenvalue weighted by molar-refractivity contribution is -0.223. The minimum Gasteiger partial charge on any atom is -0.461 e. The Hall–Kier alpha value is -5.06. The summed E-state index contributed by atoms with van der Waals surface area (Å²) < 4.78 is 72.5. The second kappa shape index (κ2) is 14.1. The second-order valence-electron chi connectivity index (χ2n) is 9.99. The number of halogens is 3. The molecule has 3 N–H and O–H groups in total. The molecule has 0 saturated carbocycles. The number of aromatic nitrogens is 1. The number of hydrazone groups is 1. The molecule has 1 unspecified atom stereocenters. The Labute approximate surface area is 270 Å². The molecule has 244 valence electrons. The molecule has 1 atom stereocenters. The molecule has 11 nitrogen and oxygen atoms in total. The van der Waals surface area contributed by atoms with Crippen LogP contribution in [0.15, 0.2) is 105 Å². The van der Waals surface area contributed by atoms with Crippen molar-refractivity contribution in [2.75, 3.05) is 5.43 Å². The van der Waals surface area contributed by atoms with Crippen LogP contribution in [0.3, 0.4) is 0 Å². The van der Waals surface area contributed by atoms with Crippen molar-refractivity contribution in [3.05, 3.63) is 102 Å². The fourth-order valence-corrected chi connectivity index (χ4v) is 6.34. The molecule has 16 heteroatoms. The minimum atomic E-state index is -5.60. The van der Waals surface area contributed by atoms with E-state index in [4.69, 9.17) is 10.2 Å². The molecule has 0 aliphatic heterocycles. The van der Waals surface area contributed by atoms with E-state index in [9.17, 15) is 31.2 Å². The van der Waals surface area contributed by atoms with Crippen molar-refractivity contribution >= 4 is 54.8 Å². The Morgan fingerprint density at radius 3 is 2.53 bits per heavy atom. The third-order valence-corrected chi connectivity index (χ3v) is 9.10. The summed E-state index contributed by atoms with van der Waals surface area (Å²) in [5, 5.41) is 4.75. The van der Waals surface area contributed by atoms with Crippen molar-refractivity contribution in [3.63, 3.8) is 0 Å². The number of hydroxylamine groups is 1. The topological polar surface area (TPSA) is 157 Å². The van der Waals surface area contributed by atoms with Crippen molar-refractivity contribution in [2.45, 2.75) is 36.4 Å². The van der Waals surface area contributed by atoms with Crippen LogP contribution in [0.4, 0.5) is 18.3 Å². The van der Waals surface area contributed by atoms with E-state index >= 15 is 0 Å². The van der Waals surface area contributed by atoms with Crippen LogP contribution in [0.25, 0.3) is 21.5 Å². The Morgan fingerprint density at radius 2 is 1.79 bits per heavy atom. The number of carbonyl (C=O) groups excluding carboxylic acids is 2. The average molecular weight is 686 g/mol. The zero-order valence-corrected chi connectivity index (χ0v) is 25.9. The molecule has 47 heavy (non-hydrogen) atoms. The molecule has 2 aromatic heterocycles. The molecule has 0 saturated heterocycles. The van der Waals surface area contributed by atoms with Gasteiger partial charge in [-0.05, 0) is 54.8 Å². The zero-order valence-electron chi connectivity index (χ0n) is 24.3. The predicted octanol–water partition coefficient (Wildman–Crippen LogP) is 5.69. The molecule has 0 aliphatic carbocycles. The van der Waals surface area contributed by atoms with Crippen LogP contribution < -0.4 is 11.2 Å². The highest BCUT2D eigenvalue weighted by Crippen LogP contribution is 2.29. The smallest absolute Gasteiger partial charge is 0.461 e. The van der Waals surface area contributed by atoms with Gasteiger partial charge < -0.3 is 15.0 Å². The third-order valence-electron chi connectivity index (χ3n) is 6.62. The largest absolute Gasteiger partial charge is 0.493 e. The van der Waals surface area contributed by atoms with E-state index < -0.39 is 43.5 Å². The van der Waals surface area contributed by atoms with E-state index in [1.54, 1.807) is 48.7 Å². The quantitative estimate of drug-likeness (QED) is 0.132. The van der Waals surface area contributed by atoms with Crippen LogP contribution in [0.1, 0.15) is 17.7 Å². The number of aryl methyl sites for hydroxylation is 1. The normalized spacial score (nSPS) is 12.7. The number of benzene rings is 3. The van der Waals surface area contributed by atoms with Gasteiger partial charge in [-0.2, -0.15) is 26.7 Å². The summed E-state index contributed by atoms with van der Waals surface area (Å²) in [7, 11) is -5.18. The molecule has 0 fully saturated rings. The van der Waals surface area contributed by atoms with E-state index in [0.29, 0.717) is 10.9 Å². The summed E-state index contributed by atoms with van der Waals surface area (Å²) in [5.74, 6) is -3.78. The van der Waals surface area contributed by atoms with Crippen molar-refractivity contribution in [1.82, 2.24) is 9.45 Å². The number of nitrogens with two attached hydrogens (primary N) is 1. The van der Waals surface area contributed by atoms with Crippen LogP contribution in [-0.2, 0) is 37.3 Å². The number of para-hydroxylation sites is 1. The van der Waals surface area contributed by atoms with Crippen molar-refractivity contribution in [2.24, 2.45) is 10.8 Å². The van der Waals surface area contributed by atoms with Gasteiger partial charge in [-0.15, -0.1) is 0 Å². The van der Waals surface area contributed by atoms with Crippen LogP contribution in [0.2, 0.25) is 0 Å². The average Bonchev–Trinajstić information content (AvgIpc) is 3.71. The van der Waals surface area contributed by atoms with Crippen LogP contribution >= 0.6 is 11.3 Å². The number of anilines is 1. The summed E-state index contributed by atoms with van der Waals surface area (Å²) in [6.45, 7) is 0. The number of amides is 1. The molecule has 5 rings (SSSR count). The maximum atomic E-state index is 13.5. The van der Waals surface area contributed by atoms with E-state index in [0.717, 1.165) is 27.9 Å². The minimum absolute atomic E-state index is 0.146. The van der Waals surface area contributed by atoms with Gasteiger partial charge in [0, 0.05) is 18.2 Å². The van der Waals surface area contributed by atoms with Gasteiger partial charge in [0.1, 0.15) is 11.5 Å². The molecule has 1 amide bonds. The van der Waals surface area contributed by atoms with Crippen LogP contribution in [0.5, 0.6) is 0 Å². The summed E-state index contributed by atoms with van der Waals surface area (Å²) in [6, 6.07) is 22.8. The lowest BCUT2D eigenvalue weighted by atomic mass is 10.1. The van der Waals surface area contributed by atoms with Gasteiger partial charge in [-0.3, -0.25) is 10.2 Å². The maximum absolute atomic E-state index is 13.5. The predicted molar refractivity (Wildman–Crippen MR) is 168 cm³/mol. The number of nitrogens with zero attached hydrogens (tertiary/aromatic N) is 3. The van der Waals surface area contributed by atoms with Gasteiger partial charge >= 0.3 is 12.1 Å². The first-order valence-electron chi connectivity index (χ1n) is 13.9. The van der Waals surface area contributed by atoms with Crippen molar-refractivity contribution in [3.8, 4) is 11.3 Å². The Bertz CT molecular complexity index is 1980. The Morgan fingerprint density at radius 1 is 1.04 bits per heavy atom. The number of fused-ring (bicyclic) bond motifs is 1. The first-order valence-corrected chi connectivity index (χ1v) is 16.2. The summed E-state index contributed by atoms with van der Waals surface area (Å²) in [4.78, 5) is 32.7. The number of carbonyl (C=O) groups is 2. The highest BCUT2D eigenvalue weighted by atomic mass is 32.2. The maximum Gasteiger partial charge on any atom is 0.493 e. The van der Waals surface area contributed by atoms with Crippen molar-refractivity contribution in [1.29, 1.82) is 0 Å². The molecule has 2 heterocycles. The highest BCUT2D eigenvalue weighted by Gasteiger charge is 2.47. The standard InChI is InChI=1S/C31H26F3N5O6S2/c32-31(33,34)29(41)45-39(28(40)24(35)15-13-20-7-2-1-3-8-20)47(42,43)23-10-6-9-21(19-23)26-16-14-22(44-26)17-18-36-38-30-37-25-11-4-5-12-27(25)46-30/h1-12,14,16,18-19,24H,13,15,17,35H2,(H,37,38). The molecule has 3 aromatic carbocycles. The number of furan rings is 1. The van der Waals surface area contributed by atoms with Gasteiger partial charge in [0.05, 0.1) is 21.2 Å². The van der Waals surface area contributed by atoms with Gasteiger partial charge in [0.2, 0.25) is 5.13 Å². The van der Waals surface area contributed by atoms with Gasteiger partial charge in [-0.25, -0.2) is 9.78 Å². The fourth-order valence-electron chi connectivity index (χ4n) is 4.27. The van der Waals surface area contributed by atoms with Gasteiger partial charge in [0.15, 0.2) is 0 Å². The Kier molecular flexibility index (Phi) is 10.0. The van der Waals surface area contributed by atoms with Crippen LogP contribution in [0, 0.1) is 0 Å². The molecule has 0 aliphatic rings. The monoisotopic (exact) mass is 685 g/mol. The zero-order chi connectivity index (χ0) is 33.6. The number of hydrogen-bond donors (Lipinski definition) is 2. The summed E-state index contributed by atoms with van der Waals surface area (Å²) >= 11 is 1.44. The third kappa shape index (κ3) is 8.21. The van der Waals surface area contributed by atoms with E-state index in [2.05, 4.69) is 20.3 Å². The lowest BCUT2D eigenvalue weighted by Gasteiger charge is -2.24. The lowest BCUT2D eigenvalue weighted by Crippen LogP contribution is -2.49. The SMILES string of the molecule is NC(CCc1ccccc1)C(=O)N(OC(=O)C(F)(F)F)S(=O)(=O)c1cccc(-c2ccc(CC=NNc3nc4ccccc4s3)o2)c1. The first kappa shape index (κ1) is 33.3. The highest BCUT2D eigenvalue weighted by molar-refractivity contribution is 7.89. The van der Waals surface area contributed by atoms with Crippen LogP contribution in [-0.4, -0.2) is 48.2 Å². The van der Waals surface area contributed by atoms with E-state index in [1.807, 2.05) is 24.3 Å². The van der Waals surface area contributed by atoms with E-state index in [-0.39, 0.29) is 30.6 Å². The number of hydrogen-bond acceptors (Lipinski definition) is 11.